The molecule has 1 aliphatic heterocycles. The van der Waals surface area contributed by atoms with Crippen molar-refractivity contribution in [1.29, 1.82) is 0 Å². The Morgan fingerprint density at radius 1 is 0.718 bits per heavy atom. The number of benzene rings is 4. The van der Waals surface area contributed by atoms with E-state index >= 15 is 0 Å². The highest BCUT2D eigenvalue weighted by Gasteiger charge is 2.55. The fraction of sp³-hybridized carbons (Fsp3) is 0.143. The molecule has 2 N–H and O–H groups in total. The van der Waals surface area contributed by atoms with Crippen LogP contribution in [0, 0.1) is 5.92 Å². The second kappa shape index (κ2) is 10.2. The molecule has 1 saturated carbocycles. The number of esters is 1. The molecule has 4 aromatic carbocycles. The van der Waals surface area contributed by atoms with Crippen LogP contribution in [0.15, 0.2) is 138 Å². The monoisotopic (exact) mass is 511 g/mol. The minimum Gasteiger partial charge on any atom is -0.441 e. The number of rotatable bonds is 6. The Labute approximate surface area is 228 Å². The summed E-state index contributed by atoms with van der Waals surface area (Å²) in [5, 5.41) is 0. The van der Waals surface area contributed by atoms with E-state index in [1.165, 1.54) is 5.57 Å². The van der Waals surface area contributed by atoms with E-state index in [0.717, 1.165) is 47.1 Å². The molecule has 1 fully saturated rings. The van der Waals surface area contributed by atoms with Gasteiger partial charge >= 0.3 is 5.97 Å². The third-order valence-corrected chi connectivity index (χ3v) is 7.86. The summed E-state index contributed by atoms with van der Waals surface area (Å²) in [6.45, 7) is 0. The molecule has 0 aromatic heterocycles. The summed E-state index contributed by atoms with van der Waals surface area (Å²) >= 11 is 0. The SMILES string of the molecule is NC(=O)C1=C(C2CCCC2=C(c2ccccc2)c2ccccc2)C(c2ccccc2)(c2ccccc2)OC1=O. The summed E-state index contributed by atoms with van der Waals surface area (Å²) in [6.07, 6.45) is 2.54. The van der Waals surface area contributed by atoms with Crippen LogP contribution >= 0.6 is 0 Å². The molecule has 4 heteroatoms. The van der Waals surface area contributed by atoms with Crippen molar-refractivity contribution in [3.05, 3.63) is 160 Å². The summed E-state index contributed by atoms with van der Waals surface area (Å²) in [5.41, 5.74) is 11.4. The fourth-order valence-corrected chi connectivity index (χ4v) is 6.34. The quantitative estimate of drug-likeness (QED) is 0.235. The van der Waals surface area contributed by atoms with Gasteiger partial charge in [0, 0.05) is 22.6 Å². The van der Waals surface area contributed by atoms with Gasteiger partial charge in [-0.25, -0.2) is 4.79 Å². The Hall–Kier alpha value is -4.70. The van der Waals surface area contributed by atoms with Crippen LogP contribution in [0.5, 0.6) is 0 Å². The second-order valence-corrected chi connectivity index (χ2v) is 10.0. The molecule has 0 saturated heterocycles. The Balaban J connectivity index is 1.68. The fourth-order valence-electron chi connectivity index (χ4n) is 6.34. The van der Waals surface area contributed by atoms with E-state index in [2.05, 4.69) is 24.3 Å². The van der Waals surface area contributed by atoms with Gasteiger partial charge in [-0.3, -0.25) is 4.79 Å². The topological polar surface area (TPSA) is 69.4 Å². The normalized spacial score (nSPS) is 18.2. The van der Waals surface area contributed by atoms with Gasteiger partial charge in [0.1, 0.15) is 5.57 Å². The predicted molar refractivity (Wildman–Crippen MR) is 152 cm³/mol. The molecule has 4 aromatic rings. The summed E-state index contributed by atoms with van der Waals surface area (Å²) in [5.74, 6) is -1.64. The molecule has 1 aliphatic carbocycles. The molecule has 192 valence electrons. The number of primary amides is 1. The van der Waals surface area contributed by atoms with Crippen LogP contribution in [0.25, 0.3) is 5.57 Å². The van der Waals surface area contributed by atoms with Crippen LogP contribution in [-0.4, -0.2) is 11.9 Å². The predicted octanol–water partition coefficient (Wildman–Crippen LogP) is 6.57. The molecule has 39 heavy (non-hydrogen) atoms. The maximum atomic E-state index is 13.6. The van der Waals surface area contributed by atoms with Gasteiger partial charge in [0.25, 0.3) is 5.91 Å². The van der Waals surface area contributed by atoms with Crippen LogP contribution in [-0.2, 0) is 19.9 Å². The number of allylic oxidation sites excluding steroid dienone is 1. The molecule has 1 atom stereocenters. The van der Waals surface area contributed by atoms with Crippen LogP contribution in [0.2, 0.25) is 0 Å². The second-order valence-electron chi connectivity index (χ2n) is 10.0. The smallest absolute Gasteiger partial charge is 0.345 e. The van der Waals surface area contributed by atoms with Gasteiger partial charge in [-0.15, -0.1) is 0 Å². The average molecular weight is 512 g/mol. The van der Waals surface area contributed by atoms with Crippen LogP contribution in [0.1, 0.15) is 41.5 Å². The highest BCUT2D eigenvalue weighted by Crippen LogP contribution is 2.55. The van der Waals surface area contributed by atoms with Gasteiger partial charge in [0.15, 0.2) is 5.60 Å². The molecule has 0 bridgehead atoms. The first kappa shape index (κ1) is 24.6. The standard InChI is InChI=1S/C35H29NO3/c36-33(37)31-32(35(39-34(31)38,26-18-9-3-10-19-26)27-20-11-4-12-21-27)29-23-13-22-28(29)30(24-14-5-1-6-15-24)25-16-7-2-8-17-25/h1-12,14-21,29H,13,22-23H2,(H2,36,37). The van der Waals surface area contributed by atoms with E-state index in [9.17, 15) is 9.59 Å². The summed E-state index contributed by atoms with van der Waals surface area (Å²) < 4.78 is 6.32. The Morgan fingerprint density at radius 2 is 1.18 bits per heavy atom. The number of amides is 1. The number of hydrogen-bond acceptors (Lipinski definition) is 3. The molecule has 0 radical (unpaired) electrons. The van der Waals surface area contributed by atoms with Gasteiger partial charge < -0.3 is 10.5 Å². The van der Waals surface area contributed by atoms with E-state index in [-0.39, 0.29) is 11.5 Å². The van der Waals surface area contributed by atoms with E-state index < -0.39 is 17.5 Å². The van der Waals surface area contributed by atoms with Gasteiger partial charge in [-0.2, -0.15) is 0 Å². The molecule has 1 heterocycles. The highest BCUT2D eigenvalue weighted by molar-refractivity contribution is 6.18. The van der Waals surface area contributed by atoms with Crippen LogP contribution < -0.4 is 5.73 Å². The number of hydrogen-bond donors (Lipinski definition) is 1. The van der Waals surface area contributed by atoms with Crippen molar-refractivity contribution in [2.24, 2.45) is 11.7 Å². The van der Waals surface area contributed by atoms with Crippen molar-refractivity contribution < 1.29 is 14.3 Å². The number of ether oxygens (including phenoxy) is 1. The van der Waals surface area contributed by atoms with Crippen LogP contribution in [0.3, 0.4) is 0 Å². The summed E-state index contributed by atoms with van der Waals surface area (Å²) in [7, 11) is 0. The van der Waals surface area contributed by atoms with Crippen LogP contribution in [0.4, 0.5) is 0 Å². The summed E-state index contributed by atoms with van der Waals surface area (Å²) in [4.78, 5) is 26.6. The highest BCUT2D eigenvalue weighted by atomic mass is 16.6. The van der Waals surface area contributed by atoms with Gasteiger partial charge in [0.2, 0.25) is 0 Å². The Bertz CT molecular complexity index is 1490. The zero-order chi connectivity index (χ0) is 26.8. The lowest BCUT2D eigenvalue weighted by Gasteiger charge is -2.36. The van der Waals surface area contributed by atoms with Gasteiger partial charge in [-0.05, 0) is 36.0 Å². The first-order valence-corrected chi connectivity index (χ1v) is 13.3. The van der Waals surface area contributed by atoms with Crippen molar-refractivity contribution in [3.8, 4) is 0 Å². The molecule has 1 amide bonds. The van der Waals surface area contributed by atoms with E-state index in [0.29, 0.717) is 5.57 Å². The lowest BCUT2D eigenvalue weighted by Crippen LogP contribution is -2.34. The van der Waals surface area contributed by atoms with E-state index in [1.54, 1.807) is 0 Å². The Kier molecular flexibility index (Phi) is 6.45. The third kappa shape index (κ3) is 4.18. The summed E-state index contributed by atoms with van der Waals surface area (Å²) in [6, 6.07) is 40.0. The first-order valence-electron chi connectivity index (χ1n) is 13.3. The maximum Gasteiger partial charge on any atom is 0.345 e. The minimum absolute atomic E-state index is 0.0346. The minimum atomic E-state index is -1.26. The molecule has 4 nitrogen and oxygen atoms in total. The number of carbonyl (C=O) groups is 2. The van der Waals surface area contributed by atoms with Crippen molar-refractivity contribution >= 4 is 17.4 Å². The molecule has 1 unspecified atom stereocenters. The van der Waals surface area contributed by atoms with Crippen molar-refractivity contribution in [3.63, 3.8) is 0 Å². The first-order chi connectivity index (χ1) is 19.1. The van der Waals surface area contributed by atoms with Gasteiger partial charge in [0.05, 0.1) is 0 Å². The number of cyclic esters (lactones) is 1. The van der Waals surface area contributed by atoms with Crippen molar-refractivity contribution in [1.82, 2.24) is 0 Å². The molecular weight excluding hydrogens is 482 g/mol. The molecule has 2 aliphatic rings. The van der Waals surface area contributed by atoms with Gasteiger partial charge in [-0.1, -0.05) is 127 Å². The zero-order valence-electron chi connectivity index (χ0n) is 21.5. The van der Waals surface area contributed by atoms with E-state index in [1.807, 2.05) is 97.1 Å². The largest absolute Gasteiger partial charge is 0.441 e. The van der Waals surface area contributed by atoms with E-state index in [4.69, 9.17) is 10.5 Å². The molecule has 6 rings (SSSR count). The lowest BCUT2D eigenvalue weighted by atomic mass is 9.71. The Morgan fingerprint density at radius 3 is 1.64 bits per heavy atom. The average Bonchev–Trinajstić information content (AvgIpc) is 3.58. The van der Waals surface area contributed by atoms with Crippen molar-refractivity contribution in [2.45, 2.75) is 24.9 Å². The number of nitrogens with two attached hydrogens (primary N) is 1. The molecule has 0 spiro atoms. The van der Waals surface area contributed by atoms with Crippen molar-refractivity contribution in [2.75, 3.05) is 0 Å². The number of carbonyl (C=O) groups excluding carboxylic acids is 2. The maximum absolute atomic E-state index is 13.6. The zero-order valence-corrected chi connectivity index (χ0v) is 21.5. The lowest BCUT2D eigenvalue weighted by molar-refractivity contribution is -0.145. The molecular formula is C35H29NO3. The third-order valence-electron chi connectivity index (χ3n) is 7.86.